The van der Waals surface area contributed by atoms with Gasteiger partial charge in [-0.15, -0.1) is 5.06 Å². The van der Waals surface area contributed by atoms with Gasteiger partial charge in [0.25, 0.3) is 0 Å². The summed E-state index contributed by atoms with van der Waals surface area (Å²) in [7, 11) is 0. The SMILES string of the molecule is Cc1cc[c]cc1N(C=O)Oc1ccccc1. The highest BCUT2D eigenvalue weighted by molar-refractivity contribution is 5.74. The van der Waals surface area contributed by atoms with Crippen LogP contribution in [0.15, 0.2) is 48.5 Å². The number of hydrogen-bond donors (Lipinski definition) is 0. The maximum atomic E-state index is 11.0. The molecule has 17 heavy (non-hydrogen) atoms. The number of carbonyl (C=O) groups is 1. The Labute approximate surface area is 100 Å². The maximum Gasteiger partial charge on any atom is 0.247 e. The highest BCUT2D eigenvalue weighted by Gasteiger charge is 2.09. The number of rotatable bonds is 4. The Morgan fingerprint density at radius 1 is 1.24 bits per heavy atom. The molecule has 0 aliphatic carbocycles. The van der Waals surface area contributed by atoms with Crippen LogP contribution in [0.2, 0.25) is 0 Å². The largest absolute Gasteiger partial charge is 0.372 e. The van der Waals surface area contributed by atoms with Crippen molar-refractivity contribution in [2.45, 2.75) is 6.92 Å². The van der Waals surface area contributed by atoms with E-state index in [0.29, 0.717) is 17.8 Å². The van der Waals surface area contributed by atoms with Crippen LogP contribution in [-0.4, -0.2) is 6.41 Å². The fraction of sp³-hybridized carbons (Fsp3) is 0.0714. The zero-order valence-corrected chi connectivity index (χ0v) is 9.46. The second-order valence-corrected chi connectivity index (χ2v) is 3.55. The molecule has 0 heterocycles. The van der Waals surface area contributed by atoms with E-state index in [4.69, 9.17) is 4.84 Å². The fourth-order valence-corrected chi connectivity index (χ4v) is 1.46. The third-order valence-corrected chi connectivity index (χ3v) is 2.33. The van der Waals surface area contributed by atoms with Gasteiger partial charge >= 0.3 is 0 Å². The second kappa shape index (κ2) is 5.16. The smallest absolute Gasteiger partial charge is 0.247 e. The molecule has 2 rings (SSSR count). The van der Waals surface area contributed by atoms with Crippen LogP contribution in [0.1, 0.15) is 5.56 Å². The number of hydrogen-bond acceptors (Lipinski definition) is 2. The van der Waals surface area contributed by atoms with Gasteiger partial charge in [-0.2, -0.15) is 0 Å². The van der Waals surface area contributed by atoms with Crippen LogP contribution in [0.4, 0.5) is 5.69 Å². The van der Waals surface area contributed by atoms with E-state index in [2.05, 4.69) is 6.07 Å². The number of nitrogens with zero attached hydrogens (tertiary/aromatic N) is 1. The van der Waals surface area contributed by atoms with Crippen LogP contribution < -0.4 is 9.90 Å². The van der Waals surface area contributed by atoms with Crippen molar-refractivity contribution >= 4 is 12.1 Å². The number of carbonyl (C=O) groups excluding carboxylic acids is 1. The molecule has 0 saturated heterocycles. The monoisotopic (exact) mass is 226 g/mol. The molecule has 0 unspecified atom stereocenters. The number of para-hydroxylation sites is 1. The van der Waals surface area contributed by atoms with Crippen LogP contribution >= 0.6 is 0 Å². The molecule has 0 aliphatic rings. The molecule has 0 fully saturated rings. The van der Waals surface area contributed by atoms with E-state index in [-0.39, 0.29) is 0 Å². The minimum atomic E-state index is 0.614. The highest BCUT2D eigenvalue weighted by Crippen LogP contribution is 2.20. The molecular weight excluding hydrogens is 214 g/mol. The first-order valence-electron chi connectivity index (χ1n) is 5.25. The average Bonchev–Trinajstić information content (AvgIpc) is 2.38. The molecule has 0 N–H and O–H groups in total. The van der Waals surface area contributed by atoms with E-state index in [1.54, 1.807) is 24.3 Å². The number of hydroxylamine groups is 1. The lowest BCUT2D eigenvalue weighted by Crippen LogP contribution is -2.25. The first-order chi connectivity index (χ1) is 8.31. The lowest BCUT2D eigenvalue weighted by molar-refractivity contribution is -0.111. The molecule has 0 atom stereocenters. The van der Waals surface area contributed by atoms with Gasteiger partial charge in [-0.3, -0.25) is 4.79 Å². The Kier molecular flexibility index (Phi) is 3.40. The van der Waals surface area contributed by atoms with Gasteiger partial charge in [0.2, 0.25) is 6.41 Å². The average molecular weight is 226 g/mol. The Balaban J connectivity index is 2.24. The molecule has 0 aromatic heterocycles. The predicted octanol–water partition coefficient (Wildman–Crippen LogP) is 2.75. The van der Waals surface area contributed by atoms with Gasteiger partial charge in [-0.05, 0) is 36.8 Å². The number of amides is 1. The Morgan fingerprint density at radius 2 is 2.00 bits per heavy atom. The van der Waals surface area contributed by atoms with Crippen LogP contribution in [0.3, 0.4) is 0 Å². The summed E-state index contributed by atoms with van der Waals surface area (Å²) in [4.78, 5) is 16.5. The van der Waals surface area contributed by atoms with E-state index < -0.39 is 0 Å². The number of aryl methyl sites for hydroxylation is 1. The molecule has 0 saturated carbocycles. The van der Waals surface area contributed by atoms with E-state index >= 15 is 0 Å². The van der Waals surface area contributed by atoms with E-state index in [9.17, 15) is 4.79 Å². The molecule has 3 nitrogen and oxygen atoms in total. The van der Waals surface area contributed by atoms with E-state index in [1.807, 2.05) is 31.2 Å². The molecular formula is C14H12NO2. The van der Waals surface area contributed by atoms with Gasteiger partial charge in [0.05, 0.1) is 5.69 Å². The van der Waals surface area contributed by atoms with Gasteiger partial charge in [-0.25, -0.2) is 0 Å². The van der Waals surface area contributed by atoms with E-state index in [0.717, 1.165) is 5.56 Å². The third-order valence-electron chi connectivity index (χ3n) is 2.33. The molecule has 0 bridgehead atoms. The molecule has 85 valence electrons. The first kappa shape index (κ1) is 11.2. The molecule has 1 amide bonds. The van der Waals surface area contributed by atoms with Crippen LogP contribution in [-0.2, 0) is 4.79 Å². The predicted molar refractivity (Wildman–Crippen MR) is 65.6 cm³/mol. The summed E-state index contributed by atoms with van der Waals surface area (Å²) in [5.41, 5.74) is 1.64. The highest BCUT2D eigenvalue weighted by atomic mass is 16.7. The van der Waals surface area contributed by atoms with Crippen molar-refractivity contribution < 1.29 is 9.63 Å². The zero-order valence-electron chi connectivity index (χ0n) is 9.46. The second-order valence-electron chi connectivity index (χ2n) is 3.55. The summed E-state index contributed by atoms with van der Waals surface area (Å²) in [6.07, 6.45) is 0.642. The van der Waals surface area contributed by atoms with Crippen molar-refractivity contribution in [3.8, 4) is 5.75 Å². The zero-order chi connectivity index (χ0) is 12.1. The van der Waals surface area contributed by atoms with Gasteiger partial charge in [0, 0.05) is 0 Å². The number of benzene rings is 2. The Hall–Kier alpha value is -2.29. The van der Waals surface area contributed by atoms with Crippen molar-refractivity contribution in [1.29, 1.82) is 0 Å². The van der Waals surface area contributed by atoms with Gasteiger partial charge < -0.3 is 4.84 Å². The summed E-state index contributed by atoms with van der Waals surface area (Å²) in [5.74, 6) is 0.614. The van der Waals surface area contributed by atoms with Crippen molar-refractivity contribution in [3.63, 3.8) is 0 Å². The summed E-state index contributed by atoms with van der Waals surface area (Å²) < 4.78 is 0. The molecule has 2 aromatic rings. The normalized spacial score (nSPS) is 9.71. The third kappa shape index (κ3) is 2.64. The molecule has 1 radical (unpaired) electrons. The summed E-state index contributed by atoms with van der Waals surface area (Å²) >= 11 is 0. The lowest BCUT2D eigenvalue weighted by Gasteiger charge is -2.19. The van der Waals surface area contributed by atoms with Crippen molar-refractivity contribution in [2.75, 3.05) is 5.06 Å². The van der Waals surface area contributed by atoms with E-state index in [1.165, 1.54) is 5.06 Å². The van der Waals surface area contributed by atoms with Crippen molar-refractivity contribution in [1.82, 2.24) is 0 Å². The van der Waals surface area contributed by atoms with Crippen LogP contribution in [0.5, 0.6) is 5.75 Å². The standard InChI is InChI=1S/C14H12NO2/c1-12-7-5-6-10-14(12)15(11-16)17-13-8-3-2-4-9-13/h2-5,7-11H,1H3. The molecule has 0 aliphatic heterocycles. The Morgan fingerprint density at radius 3 is 2.65 bits per heavy atom. The molecule has 2 aromatic carbocycles. The van der Waals surface area contributed by atoms with Crippen LogP contribution in [0, 0.1) is 13.0 Å². The van der Waals surface area contributed by atoms with Gasteiger partial charge in [-0.1, -0.05) is 30.3 Å². The van der Waals surface area contributed by atoms with Gasteiger partial charge in [0.15, 0.2) is 5.75 Å². The minimum absolute atomic E-state index is 0.614. The summed E-state index contributed by atoms with van der Waals surface area (Å²) in [5, 5.41) is 1.20. The molecule has 0 spiro atoms. The maximum absolute atomic E-state index is 11.0. The quantitative estimate of drug-likeness (QED) is 0.592. The summed E-state index contributed by atoms with van der Waals surface area (Å²) in [6, 6.07) is 17.5. The minimum Gasteiger partial charge on any atom is -0.372 e. The topological polar surface area (TPSA) is 29.5 Å². The van der Waals surface area contributed by atoms with Crippen LogP contribution in [0.25, 0.3) is 0 Å². The Bertz CT molecular complexity index is 497. The van der Waals surface area contributed by atoms with Crippen molar-refractivity contribution in [3.05, 3.63) is 60.2 Å². The van der Waals surface area contributed by atoms with Crippen molar-refractivity contribution in [2.24, 2.45) is 0 Å². The van der Waals surface area contributed by atoms with Gasteiger partial charge in [0.1, 0.15) is 0 Å². The summed E-state index contributed by atoms with van der Waals surface area (Å²) in [6.45, 7) is 1.91. The number of anilines is 1. The first-order valence-corrected chi connectivity index (χ1v) is 5.25. The fourth-order valence-electron chi connectivity index (χ4n) is 1.46. The molecule has 3 heteroatoms. The lowest BCUT2D eigenvalue weighted by atomic mass is 10.2.